The van der Waals surface area contributed by atoms with Gasteiger partial charge in [-0.15, -0.1) is 0 Å². The number of fused-ring (bicyclic) bond motifs is 4. The van der Waals surface area contributed by atoms with E-state index in [0.29, 0.717) is 18.9 Å². The molecule has 0 aromatic rings. The minimum absolute atomic E-state index is 0.298. The third-order valence-corrected chi connectivity index (χ3v) is 5.87. The van der Waals surface area contributed by atoms with E-state index >= 15 is 0 Å². The molecule has 4 N–H and O–H groups in total. The van der Waals surface area contributed by atoms with E-state index in [1.165, 1.54) is 0 Å². The summed E-state index contributed by atoms with van der Waals surface area (Å²) in [4.78, 5) is 4.36. The first-order valence-corrected chi connectivity index (χ1v) is 9.37. The number of aliphatic imine (C=N–C) groups is 1. The molecule has 0 saturated carbocycles. The highest BCUT2D eigenvalue weighted by Crippen LogP contribution is 2.45. The Morgan fingerprint density at radius 3 is 2.52 bits per heavy atom. The van der Waals surface area contributed by atoms with Crippen LogP contribution < -0.4 is 11.1 Å². The average Bonchev–Trinajstić information content (AvgIpc) is 3.27. The lowest BCUT2D eigenvalue weighted by molar-refractivity contribution is -0.215. The summed E-state index contributed by atoms with van der Waals surface area (Å²) in [7, 11) is 0. The average molecular weight is 385 g/mol. The number of nitrogens with zero attached hydrogens (tertiary/aromatic N) is 1. The fourth-order valence-electron chi connectivity index (χ4n) is 4.70. The second-order valence-electron chi connectivity index (χ2n) is 8.66. The van der Waals surface area contributed by atoms with Crippen LogP contribution in [0.3, 0.4) is 0 Å². The third kappa shape index (κ3) is 2.59. The van der Waals surface area contributed by atoms with Gasteiger partial charge in [-0.2, -0.15) is 0 Å². The zero-order chi connectivity index (χ0) is 19.2. The number of hydrogen-bond donors (Lipinski definition) is 3. The molecule has 5 aliphatic heterocycles. The molecule has 0 aliphatic carbocycles. The third-order valence-electron chi connectivity index (χ3n) is 5.87. The van der Waals surface area contributed by atoms with Crippen molar-refractivity contribution in [3.8, 4) is 0 Å². The predicted octanol–water partition coefficient (Wildman–Crippen LogP) is -1.20. The summed E-state index contributed by atoms with van der Waals surface area (Å²) < 4.78 is 35.2. The predicted molar refractivity (Wildman–Crippen MR) is 90.6 cm³/mol. The maximum Gasteiger partial charge on any atom is 0.190 e. The monoisotopic (exact) mass is 385 g/mol. The number of rotatable bonds is 3. The molecule has 0 unspecified atom stereocenters. The number of nitrogens with two attached hydrogens (primary N) is 1. The van der Waals surface area contributed by atoms with Crippen molar-refractivity contribution in [2.45, 2.75) is 87.9 Å². The van der Waals surface area contributed by atoms with Crippen LogP contribution in [-0.2, 0) is 28.4 Å². The molecule has 27 heavy (non-hydrogen) atoms. The molecule has 4 fully saturated rings. The van der Waals surface area contributed by atoms with Crippen molar-refractivity contribution in [1.82, 2.24) is 5.32 Å². The van der Waals surface area contributed by atoms with Gasteiger partial charge >= 0.3 is 0 Å². The van der Waals surface area contributed by atoms with E-state index in [-0.39, 0.29) is 6.10 Å². The number of nitrogens with one attached hydrogen (secondary N) is 1. The molecule has 0 aromatic heterocycles. The van der Waals surface area contributed by atoms with Gasteiger partial charge in [-0.25, -0.2) is 0 Å². The maximum atomic E-state index is 10.6. The number of aliphatic hydroxyl groups excluding tert-OH is 1. The molecule has 0 amide bonds. The van der Waals surface area contributed by atoms with Crippen LogP contribution in [0.1, 0.15) is 27.7 Å². The Labute approximate surface area is 157 Å². The highest BCUT2D eigenvalue weighted by molar-refractivity contribution is 5.94. The number of ether oxygens (including phenoxy) is 6. The lowest BCUT2D eigenvalue weighted by atomic mass is 9.88. The first-order chi connectivity index (χ1) is 12.6. The second-order valence-corrected chi connectivity index (χ2v) is 8.66. The van der Waals surface area contributed by atoms with Gasteiger partial charge < -0.3 is 39.3 Å². The standard InChI is InChI=1S/C17H27N3O7/c1-15(2)24-10-9(21)7(22-12(10)26-15)5-20-17-8(6-19-14(17)18)23-13-11(17)25-16(3,4)27-13/h7-13,20-21H,5-6H2,1-4H3,(H2,18,19)/t7-,8-,9+,10-,11+,12-,13-,17-/m1/s1. The van der Waals surface area contributed by atoms with Gasteiger partial charge in [0.2, 0.25) is 0 Å². The van der Waals surface area contributed by atoms with Crippen LogP contribution >= 0.6 is 0 Å². The van der Waals surface area contributed by atoms with Crippen LogP contribution in [0.4, 0.5) is 0 Å². The van der Waals surface area contributed by atoms with E-state index in [1.54, 1.807) is 13.8 Å². The molecule has 0 radical (unpaired) electrons. The van der Waals surface area contributed by atoms with Crippen molar-refractivity contribution in [3.63, 3.8) is 0 Å². The van der Waals surface area contributed by atoms with E-state index in [9.17, 15) is 5.11 Å². The van der Waals surface area contributed by atoms with Crippen molar-refractivity contribution >= 4 is 5.84 Å². The highest BCUT2D eigenvalue weighted by Gasteiger charge is 2.67. The molecule has 0 spiro atoms. The van der Waals surface area contributed by atoms with Crippen LogP contribution in [-0.4, -0.2) is 84.2 Å². The van der Waals surface area contributed by atoms with Crippen LogP contribution in [0.25, 0.3) is 0 Å². The molecule has 5 rings (SSSR count). The van der Waals surface area contributed by atoms with E-state index in [0.717, 1.165) is 0 Å². The summed E-state index contributed by atoms with van der Waals surface area (Å²) in [6.07, 6.45) is -3.72. The zero-order valence-electron chi connectivity index (χ0n) is 15.9. The van der Waals surface area contributed by atoms with Gasteiger partial charge in [0, 0.05) is 6.54 Å². The van der Waals surface area contributed by atoms with Gasteiger partial charge in [0.1, 0.15) is 41.9 Å². The summed E-state index contributed by atoms with van der Waals surface area (Å²) in [5.74, 6) is -1.12. The topological polar surface area (TPSA) is 126 Å². The van der Waals surface area contributed by atoms with E-state index < -0.39 is 54.1 Å². The first-order valence-electron chi connectivity index (χ1n) is 9.37. The minimum atomic E-state index is -0.825. The highest BCUT2D eigenvalue weighted by atomic mass is 16.8. The summed E-state index contributed by atoms with van der Waals surface area (Å²) in [5, 5.41) is 14.0. The molecule has 10 heteroatoms. The Morgan fingerprint density at radius 1 is 1.07 bits per heavy atom. The van der Waals surface area contributed by atoms with Crippen LogP contribution in [0.15, 0.2) is 4.99 Å². The van der Waals surface area contributed by atoms with Gasteiger partial charge in [-0.3, -0.25) is 10.3 Å². The Kier molecular flexibility index (Phi) is 3.78. The van der Waals surface area contributed by atoms with Crippen molar-refractivity contribution in [2.75, 3.05) is 13.1 Å². The fraction of sp³-hybridized carbons (Fsp3) is 0.941. The lowest BCUT2D eigenvalue weighted by Gasteiger charge is -2.35. The van der Waals surface area contributed by atoms with Crippen LogP contribution in [0.5, 0.6) is 0 Å². The summed E-state index contributed by atoms with van der Waals surface area (Å²) in [5.41, 5.74) is 5.45. The lowest BCUT2D eigenvalue weighted by Crippen LogP contribution is -2.66. The number of amidine groups is 1. The molecule has 10 nitrogen and oxygen atoms in total. The quantitative estimate of drug-likeness (QED) is 0.549. The smallest absolute Gasteiger partial charge is 0.190 e. The molecule has 8 atom stereocenters. The maximum absolute atomic E-state index is 10.6. The molecule has 152 valence electrons. The Bertz CT molecular complexity index is 671. The minimum Gasteiger partial charge on any atom is -0.387 e. The Morgan fingerprint density at radius 2 is 1.78 bits per heavy atom. The van der Waals surface area contributed by atoms with Crippen molar-refractivity contribution in [3.05, 3.63) is 0 Å². The molecule has 5 heterocycles. The Balaban J connectivity index is 1.32. The Hall–Kier alpha value is -0.850. The molecule has 0 aromatic carbocycles. The largest absolute Gasteiger partial charge is 0.387 e. The van der Waals surface area contributed by atoms with Gasteiger partial charge in [0.25, 0.3) is 0 Å². The molecule has 0 bridgehead atoms. The van der Waals surface area contributed by atoms with Gasteiger partial charge in [-0.05, 0) is 27.7 Å². The second kappa shape index (κ2) is 5.61. The fourth-order valence-corrected chi connectivity index (χ4v) is 4.70. The molecular weight excluding hydrogens is 358 g/mol. The summed E-state index contributed by atoms with van der Waals surface area (Å²) in [6.45, 7) is 8.00. The number of hydrogen-bond acceptors (Lipinski definition) is 10. The summed E-state index contributed by atoms with van der Waals surface area (Å²) in [6, 6.07) is 0. The van der Waals surface area contributed by atoms with Crippen molar-refractivity contribution in [1.29, 1.82) is 0 Å². The zero-order valence-corrected chi connectivity index (χ0v) is 15.9. The van der Waals surface area contributed by atoms with Crippen molar-refractivity contribution < 1.29 is 33.5 Å². The molecular formula is C17H27N3O7. The first kappa shape index (κ1) is 18.2. The van der Waals surface area contributed by atoms with Crippen molar-refractivity contribution in [2.24, 2.45) is 10.7 Å². The number of aliphatic hydroxyl groups is 1. The van der Waals surface area contributed by atoms with Crippen LogP contribution in [0.2, 0.25) is 0 Å². The summed E-state index contributed by atoms with van der Waals surface area (Å²) >= 11 is 0. The van der Waals surface area contributed by atoms with E-state index in [2.05, 4.69) is 10.3 Å². The SMILES string of the molecule is CC1(C)O[C@H]2O[C@H](CN[C@]34C(N)=NC[C@H]3O[C@@H]3OC(C)(C)O[C@@H]34)[C@H](O)[C@H]2O1. The normalized spacial score (nSPS) is 51.9. The molecule has 5 aliphatic rings. The molecule has 4 saturated heterocycles. The van der Waals surface area contributed by atoms with Gasteiger partial charge in [0.15, 0.2) is 24.2 Å². The van der Waals surface area contributed by atoms with E-state index in [1.807, 2.05) is 13.8 Å². The van der Waals surface area contributed by atoms with Gasteiger partial charge in [-0.1, -0.05) is 0 Å². The van der Waals surface area contributed by atoms with Gasteiger partial charge in [0.05, 0.1) is 6.54 Å². The van der Waals surface area contributed by atoms with Crippen LogP contribution in [0, 0.1) is 0 Å². The van der Waals surface area contributed by atoms with E-state index in [4.69, 9.17) is 34.2 Å².